The van der Waals surface area contributed by atoms with Gasteiger partial charge in [-0.05, 0) is 18.2 Å². The predicted molar refractivity (Wildman–Crippen MR) is 103 cm³/mol. The third kappa shape index (κ3) is 5.53. The summed E-state index contributed by atoms with van der Waals surface area (Å²) in [6, 6.07) is 0.863. The molecule has 0 saturated heterocycles. The lowest BCUT2D eigenvalue weighted by atomic mass is 9.98. The number of alkyl halides is 6. The van der Waals surface area contributed by atoms with Gasteiger partial charge in [-0.2, -0.15) is 26.3 Å². The van der Waals surface area contributed by atoms with E-state index in [9.17, 15) is 39.9 Å². The summed E-state index contributed by atoms with van der Waals surface area (Å²) in [6.07, 6.45) is -11.5. The Morgan fingerprint density at radius 2 is 1.67 bits per heavy atom. The molecule has 0 aliphatic rings. The molecule has 2 rings (SSSR count). The molecule has 0 bridgehead atoms. The molecule has 0 heterocycles. The molecule has 0 aliphatic heterocycles. The highest BCUT2D eigenvalue weighted by Gasteiger charge is 2.41. The van der Waals surface area contributed by atoms with Gasteiger partial charge in [0, 0.05) is 36.7 Å². The number of carbonyl (C=O) groups is 1. The van der Waals surface area contributed by atoms with Crippen molar-refractivity contribution < 1.29 is 44.7 Å². The number of allylic oxidation sites excluding steroid dienone is 1. The Morgan fingerprint density at radius 3 is 2.15 bits per heavy atom. The molecule has 3 N–H and O–H groups in total. The predicted octanol–water partition coefficient (Wildman–Crippen LogP) is 6.24. The zero-order valence-electron chi connectivity index (χ0n) is 16.2. The minimum Gasteiger partial charge on any atom is -0.409 e. The molecule has 33 heavy (non-hydrogen) atoms. The molecule has 0 aromatic heterocycles. The van der Waals surface area contributed by atoms with Gasteiger partial charge in [0.15, 0.2) is 5.75 Å². The van der Waals surface area contributed by atoms with Crippen molar-refractivity contribution in [2.45, 2.75) is 12.4 Å². The third-order valence-corrected chi connectivity index (χ3v) is 4.47. The van der Waals surface area contributed by atoms with Crippen LogP contribution < -0.4 is 15.4 Å². The average Bonchev–Trinajstić information content (AvgIpc) is 2.70. The SMILES string of the molecule is CN(C(=O)Oc1c(/C(C=N)=C/N)cc(C(F)(F)F)cc1C(F)(F)F)c1cc(Cl)c(F)cc1F. The number of halogens is 9. The number of hydrogen-bond donors (Lipinski definition) is 2. The molecule has 5 nitrogen and oxygen atoms in total. The van der Waals surface area contributed by atoms with Gasteiger partial charge in [-0.25, -0.2) is 13.6 Å². The minimum absolute atomic E-state index is 0.205. The van der Waals surface area contributed by atoms with Gasteiger partial charge in [0.1, 0.15) is 11.6 Å². The molecule has 0 aliphatic carbocycles. The van der Waals surface area contributed by atoms with Gasteiger partial charge in [-0.1, -0.05) is 11.6 Å². The zero-order valence-corrected chi connectivity index (χ0v) is 17.0. The molecule has 178 valence electrons. The van der Waals surface area contributed by atoms with Crippen LogP contribution in [0.5, 0.6) is 5.75 Å². The maximum Gasteiger partial charge on any atom is 0.420 e. The molecule has 1 amide bonds. The maximum absolute atomic E-state index is 14.0. The lowest BCUT2D eigenvalue weighted by Crippen LogP contribution is -2.31. The Labute approximate surface area is 185 Å². The number of ether oxygens (including phenoxy) is 1. The zero-order chi connectivity index (χ0) is 25.3. The highest BCUT2D eigenvalue weighted by molar-refractivity contribution is 6.31. The van der Waals surface area contributed by atoms with Crippen LogP contribution in [0.15, 0.2) is 30.5 Å². The van der Waals surface area contributed by atoms with E-state index in [1.54, 1.807) is 0 Å². The van der Waals surface area contributed by atoms with Crippen molar-refractivity contribution in [1.29, 1.82) is 5.41 Å². The van der Waals surface area contributed by atoms with E-state index in [1.807, 2.05) is 0 Å². The summed E-state index contributed by atoms with van der Waals surface area (Å²) in [7, 11) is 0.836. The van der Waals surface area contributed by atoms with Gasteiger partial charge < -0.3 is 15.9 Å². The number of amides is 1. The largest absolute Gasteiger partial charge is 0.420 e. The summed E-state index contributed by atoms with van der Waals surface area (Å²) in [4.78, 5) is 12.8. The molecule has 2 aromatic rings. The molecule has 0 spiro atoms. The molecule has 14 heteroatoms. The fraction of sp³-hybridized carbons (Fsp3) is 0.158. The van der Waals surface area contributed by atoms with E-state index in [4.69, 9.17) is 27.5 Å². The van der Waals surface area contributed by atoms with E-state index in [0.717, 1.165) is 7.05 Å². The summed E-state index contributed by atoms with van der Waals surface area (Å²) in [5, 5.41) is 6.60. The number of nitrogens with zero attached hydrogens (tertiary/aromatic N) is 1. The van der Waals surface area contributed by atoms with E-state index in [2.05, 4.69) is 0 Å². The van der Waals surface area contributed by atoms with Gasteiger partial charge >= 0.3 is 18.4 Å². The second-order valence-corrected chi connectivity index (χ2v) is 6.71. The van der Waals surface area contributed by atoms with E-state index < -0.39 is 68.8 Å². The Morgan fingerprint density at radius 1 is 1.06 bits per heavy atom. The monoisotopic (exact) mass is 501 g/mol. The van der Waals surface area contributed by atoms with Gasteiger partial charge in [0.2, 0.25) is 0 Å². The van der Waals surface area contributed by atoms with E-state index in [1.165, 1.54) is 0 Å². The summed E-state index contributed by atoms with van der Waals surface area (Å²) in [5.74, 6) is -3.93. The van der Waals surface area contributed by atoms with Crippen molar-refractivity contribution in [3.8, 4) is 5.75 Å². The van der Waals surface area contributed by atoms with Crippen LogP contribution in [0.4, 0.5) is 45.6 Å². The Balaban J connectivity index is 2.70. The molecule has 0 atom stereocenters. The number of benzene rings is 2. The topological polar surface area (TPSA) is 79.4 Å². The Kier molecular flexibility index (Phi) is 7.27. The van der Waals surface area contributed by atoms with E-state index in [-0.39, 0.29) is 12.1 Å². The van der Waals surface area contributed by atoms with Crippen LogP contribution in [0, 0.1) is 17.0 Å². The van der Waals surface area contributed by atoms with Crippen molar-refractivity contribution in [1.82, 2.24) is 0 Å². The summed E-state index contributed by atoms with van der Waals surface area (Å²) >= 11 is 5.52. The standard InChI is InChI=1S/C19H12ClF8N3O2/c1-31(15-4-12(20)13(21)5-14(15)22)17(32)33-16-10(8(6-29)7-30)2-9(18(23,24)25)3-11(16)19(26,27)28/h2-7,29H,30H2,1H3/b8-7+,29-6?. The highest BCUT2D eigenvalue weighted by Crippen LogP contribution is 2.44. The quantitative estimate of drug-likeness (QED) is 0.296. The second-order valence-electron chi connectivity index (χ2n) is 6.31. The van der Waals surface area contributed by atoms with Crippen molar-refractivity contribution in [2.24, 2.45) is 5.73 Å². The average molecular weight is 502 g/mol. The lowest BCUT2D eigenvalue weighted by Gasteiger charge is -2.23. The van der Waals surface area contributed by atoms with Gasteiger partial charge in [-0.15, -0.1) is 0 Å². The number of rotatable bonds is 4. The lowest BCUT2D eigenvalue weighted by molar-refractivity contribution is -0.143. The molecule has 0 fully saturated rings. The summed E-state index contributed by atoms with van der Waals surface area (Å²) in [6.45, 7) is 0. The van der Waals surface area contributed by atoms with Crippen molar-refractivity contribution in [2.75, 3.05) is 11.9 Å². The van der Waals surface area contributed by atoms with E-state index in [0.29, 0.717) is 29.4 Å². The normalized spacial score (nSPS) is 12.5. The number of anilines is 1. The van der Waals surface area contributed by atoms with Crippen molar-refractivity contribution in [3.05, 3.63) is 63.8 Å². The highest BCUT2D eigenvalue weighted by atomic mass is 35.5. The van der Waals surface area contributed by atoms with Crippen LogP contribution >= 0.6 is 11.6 Å². The Bertz CT molecular complexity index is 1130. The van der Waals surface area contributed by atoms with Crippen molar-refractivity contribution in [3.63, 3.8) is 0 Å². The summed E-state index contributed by atoms with van der Waals surface area (Å²) in [5.41, 5.74) is -0.874. The third-order valence-electron chi connectivity index (χ3n) is 4.18. The first-order chi connectivity index (χ1) is 15.1. The van der Waals surface area contributed by atoms with Crippen LogP contribution in [-0.4, -0.2) is 19.4 Å². The molecule has 0 unspecified atom stereocenters. The van der Waals surface area contributed by atoms with Gasteiger partial charge in [0.25, 0.3) is 0 Å². The minimum atomic E-state index is -5.45. The first-order valence-electron chi connectivity index (χ1n) is 8.47. The van der Waals surface area contributed by atoms with Crippen molar-refractivity contribution >= 4 is 35.2 Å². The molecule has 0 saturated carbocycles. The number of nitrogens with two attached hydrogens (primary N) is 1. The smallest absolute Gasteiger partial charge is 0.409 e. The fourth-order valence-electron chi connectivity index (χ4n) is 2.57. The van der Waals surface area contributed by atoms with Gasteiger partial charge in [0.05, 0.1) is 21.8 Å². The summed E-state index contributed by atoms with van der Waals surface area (Å²) < 4.78 is 112. The van der Waals surface area contributed by atoms with Crippen LogP contribution in [-0.2, 0) is 12.4 Å². The van der Waals surface area contributed by atoms with Crippen LogP contribution in [0.2, 0.25) is 5.02 Å². The molecule has 0 radical (unpaired) electrons. The molecular formula is C19H12ClF8N3O2. The van der Waals surface area contributed by atoms with Crippen LogP contribution in [0.3, 0.4) is 0 Å². The van der Waals surface area contributed by atoms with E-state index >= 15 is 0 Å². The number of hydrogen-bond acceptors (Lipinski definition) is 4. The first-order valence-corrected chi connectivity index (χ1v) is 8.84. The molecular weight excluding hydrogens is 490 g/mol. The fourth-order valence-corrected chi connectivity index (χ4v) is 2.72. The maximum atomic E-state index is 14.0. The number of carbonyl (C=O) groups excluding carboxylic acids is 1. The van der Waals surface area contributed by atoms with Crippen LogP contribution in [0.25, 0.3) is 5.57 Å². The Hall–Kier alpha value is -3.35. The number of nitrogens with one attached hydrogen (secondary N) is 1. The first kappa shape index (κ1) is 25.9. The second kappa shape index (κ2) is 9.25. The van der Waals surface area contributed by atoms with Gasteiger partial charge in [-0.3, -0.25) is 4.90 Å². The van der Waals surface area contributed by atoms with Crippen LogP contribution in [0.1, 0.15) is 16.7 Å². The molecule has 2 aromatic carbocycles.